The lowest BCUT2D eigenvalue weighted by atomic mass is 10.1. The second-order valence-electron chi connectivity index (χ2n) is 5.19. The van der Waals surface area contributed by atoms with Gasteiger partial charge in [0.05, 0.1) is 5.56 Å². The molecule has 0 atom stereocenters. The number of rotatable bonds is 2. The molecular formula is C14H14O6. The Balaban J connectivity index is 2.29. The second kappa shape index (κ2) is 4.88. The predicted molar refractivity (Wildman–Crippen MR) is 70.0 cm³/mol. The SMILES string of the molecule is CC(C)(C)OC(=O)c1ccc2cc(OC(=O)O)oc2c1. The molecule has 1 heterocycles. The largest absolute Gasteiger partial charge is 0.513 e. The molecule has 6 nitrogen and oxygen atoms in total. The molecule has 0 amide bonds. The zero-order valence-electron chi connectivity index (χ0n) is 11.3. The summed E-state index contributed by atoms with van der Waals surface area (Å²) in [6.07, 6.45) is -1.46. The summed E-state index contributed by atoms with van der Waals surface area (Å²) in [5, 5.41) is 9.14. The van der Waals surface area contributed by atoms with Crippen LogP contribution in [0.15, 0.2) is 28.7 Å². The third-order valence-corrected chi connectivity index (χ3v) is 2.32. The number of hydrogen-bond acceptors (Lipinski definition) is 5. The maximum absolute atomic E-state index is 11.9. The van der Waals surface area contributed by atoms with Gasteiger partial charge in [0.2, 0.25) is 0 Å². The van der Waals surface area contributed by atoms with Gasteiger partial charge in [0.1, 0.15) is 11.2 Å². The van der Waals surface area contributed by atoms with Gasteiger partial charge in [-0.25, -0.2) is 9.59 Å². The number of hydrogen-bond donors (Lipinski definition) is 1. The van der Waals surface area contributed by atoms with Crippen LogP contribution in [-0.2, 0) is 4.74 Å². The first-order valence-corrected chi connectivity index (χ1v) is 5.92. The van der Waals surface area contributed by atoms with Crippen molar-refractivity contribution in [3.05, 3.63) is 29.8 Å². The molecule has 106 valence electrons. The van der Waals surface area contributed by atoms with Gasteiger partial charge in [0.25, 0.3) is 5.95 Å². The number of ether oxygens (including phenoxy) is 2. The zero-order chi connectivity index (χ0) is 14.9. The van der Waals surface area contributed by atoms with Crippen LogP contribution in [-0.4, -0.2) is 22.8 Å². The number of carbonyl (C=O) groups is 2. The van der Waals surface area contributed by atoms with Crippen LogP contribution < -0.4 is 4.74 Å². The van der Waals surface area contributed by atoms with E-state index in [1.165, 1.54) is 12.1 Å². The average molecular weight is 278 g/mol. The summed E-state index contributed by atoms with van der Waals surface area (Å²) >= 11 is 0. The van der Waals surface area contributed by atoms with E-state index in [2.05, 4.69) is 4.74 Å². The summed E-state index contributed by atoms with van der Waals surface area (Å²) in [6, 6.07) is 6.13. The van der Waals surface area contributed by atoms with Gasteiger partial charge in [0, 0.05) is 11.5 Å². The van der Waals surface area contributed by atoms with Crippen molar-refractivity contribution in [3.8, 4) is 5.95 Å². The summed E-state index contributed by atoms with van der Waals surface area (Å²) in [5.41, 5.74) is 0.0838. The quantitative estimate of drug-likeness (QED) is 0.847. The molecule has 1 aromatic carbocycles. The highest BCUT2D eigenvalue weighted by Crippen LogP contribution is 2.26. The second-order valence-corrected chi connectivity index (χ2v) is 5.19. The fourth-order valence-corrected chi connectivity index (χ4v) is 1.61. The number of furan rings is 1. The van der Waals surface area contributed by atoms with Crippen molar-refractivity contribution < 1.29 is 28.6 Å². The highest BCUT2D eigenvalue weighted by Gasteiger charge is 2.19. The van der Waals surface area contributed by atoms with Gasteiger partial charge in [-0.1, -0.05) is 6.07 Å². The van der Waals surface area contributed by atoms with E-state index in [4.69, 9.17) is 14.3 Å². The molecule has 0 radical (unpaired) electrons. The Morgan fingerprint density at radius 3 is 2.50 bits per heavy atom. The summed E-state index contributed by atoms with van der Waals surface area (Å²) < 4.78 is 14.8. The van der Waals surface area contributed by atoms with Crippen molar-refractivity contribution in [2.24, 2.45) is 0 Å². The van der Waals surface area contributed by atoms with Crippen molar-refractivity contribution in [2.45, 2.75) is 26.4 Å². The van der Waals surface area contributed by atoms with Crippen molar-refractivity contribution in [3.63, 3.8) is 0 Å². The van der Waals surface area contributed by atoms with E-state index < -0.39 is 17.7 Å². The van der Waals surface area contributed by atoms with Crippen LogP contribution in [0.4, 0.5) is 4.79 Å². The minimum absolute atomic E-state index is 0.145. The van der Waals surface area contributed by atoms with E-state index in [0.717, 1.165) is 0 Å². The smallest absolute Gasteiger partial charge is 0.456 e. The Morgan fingerprint density at radius 2 is 1.90 bits per heavy atom. The number of benzene rings is 1. The maximum atomic E-state index is 11.9. The number of carboxylic acid groups (broad SMARTS) is 1. The topological polar surface area (TPSA) is 86.0 Å². The molecule has 0 saturated heterocycles. The van der Waals surface area contributed by atoms with Crippen LogP contribution in [0.5, 0.6) is 5.95 Å². The van der Waals surface area contributed by atoms with E-state index in [1.807, 2.05) is 0 Å². The van der Waals surface area contributed by atoms with Crippen molar-refractivity contribution >= 4 is 23.1 Å². The number of fused-ring (bicyclic) bond motifs is 1. The van der Waals surface area contributed by atoms with E-state index >= 15 is 0 Å². The molecule has 1 N–H and O–H groups in total. The van der Waals surface area contributed by atoms with Crippen LogP contribution in [0.1, 0.15) is 31.1 Å². The third kappa shape index (κ3) is 3.28. The minimum atomic E-state index is -1.46. The molecule has 0 unspecified atom stereocenters. The fourth-order valence-electron chi connectivity index (χ4n) is 1.61. The fraction of sp³-hybridized carbons (Fsp3) is 0.286. The Labute approximate surface area is 114 Å². The summed E-state index contributed by atoms with van der Waals surface area (Å²) in [5.74, 6) is -0.620. The maximum Gasteiger partial charge on any atom is 0.513 e. The van der Waals surface area contributed by atoms with Gasteiger partial charge < -0.3 is 19.0 Å². The van der Waals surface area contributed by atoms with E-state index in [-0.39, 0.29) is 5.95 Å². The molecule has 0 aliphatic heterocycles. The Morgan fingerprint density at radius 1 is 1.20 bits per heavy atom. The van der Waals surface area contributed by atoms with E-state index in [9.17, 15) is 9.59 Å². The van der Waals surface area contributed by atoms with E-state index in [1.54, 1.807) is 32.9 Å². The molecule has 2 rings (SSSR count). The monoisotopic (exact) mass is 278 g/mol. The Kier molecular flexibility index (Phi) is 3.40. The normalized spacial score (nSPS) is 11.3. The van der Waals surface area contributed by atoms with Crippen LogP contribution in [0, 0.1) is 0 Å². The minimum Gasteiger partial charge on any atom is -0.456 e. The number of carbonyl (C=O) groups excluding carboxylic acids is 1. The lowest BCUT2D eigenvalue weighted by Gasteiger charge is -2.19. The predicted octanol–water partition coefficient (Wildman–Crippen LogP) is 3.44. The van der Waals surface area contributed by atoms with Crippen LogP contribution in [0.3, 0.4) is 0 Å². The van der Waals surface area contributed by atoms with Crippen LogP contribution in [0.2, 0.25) is 0 Å². The van der Waals surface area contributed by atoms with Gasteiger partial charge in [-0.15, -0.1) is 0 Å². The van der Waals surface area contributed by atoms with Crippen LogP contribution >= 0.6 is 0 Å². The van der Waals surface area contributed by atoms with Crippen LogP contribution in [0.25, 0.3) is 11.0 Å². The summed E-state index contributed by atoms with van der Waals surface area (Å²) in [7, 11) is 0. The molecule has 2 aromatic rings. The molecular weight excluding hydrogens is 264 g/mol. The van der Waals surface area contributed by atoms with Gasteiger partial charge in [-0.05, 0) is 32.9 Å². The molecule has 0 fully saturated rings. The number of esters is 1. The Bertz CT molecular complexity index is 662. The molecule has 0 saturated carbocycles. The molecule has 20 heavy (non-hydrogen) atoms. The molecule has 1 aromatic heterocycles. The van der Waals surface area contributed by atoms with Gasteiger partial charge in [-0.3, -0.25) is 0 Å². The summed E-state index contributed by atoms with van der Waals surface area (Å²) in [6.45, 7) is 5.32. The molecule has 0 aliphatic rings. The van der Waals surface area contributed by atoms with Crippen molar-refractivity contribution in [1.29, 1.82) is 0 Å². The first-order chi connectivity index (χ1) is 9.24. The van der Waals surface area contributed by atoms with Gasteiger partial charge in [0.15, 0.2) is 0 Å². The first kappa shape index (κ1) is 13.9. The lowest BCUT2D eigenvalue weighted by molar-refractivity contribution is 0.00693. The molecule has 0 bridgehead atoms. The lowest BCUT2D eigenvalue weighted by Crippen LogP contribution is -2.23. The third-order valence-electron chi connectivity index (χ3n) is 2.32. The van der Waals surface area contributed by atoms with Gasteiger partial charge >= 0.3 is 12.1 Å². The first-order valence-electron chi connectivity index (χ1n) is 5.92. The molecule has 0 aliphatic carbocycles. The van der Waals surface area contributed by atoms with Gasteiger partial charge in [-0.2, -0.15) is 0 Å². The zero-order valence-corrected chi connectivity index (χ0v) is 11.3. The van der Waals surface area contributed by atoms with Crippen molar-refractivity contribution in [1.82, 2.24) is 0 Å². The standard InChI is InChI=1S/C14H14O6/c1-14(2,3)20-12(15)9-5-4-8-7-11(19-13(16)17)18-10(8)6-9/h4-7H,1-3H3,(H,16,17). The Hall–Kier alpha value is -2.50. The highest BCUT2D eigenvalue weighted by molar-refractivity contribution is 5.94. The molecule has 6 heteroatoms. The average Bonchev–Trinajstić information content (AvgIpc) is 2.66. The van der Waals surface area contributed by atoms with E-state index in [0.29, 0.717) is 16.5 Å². The summed E-state index contributed by atoms with van der Waals surface area (Å²) in [4.78, 5) is 22.3. The molecule has 0 spiro atoms. The highest BCUT2D eigenvalue weighted by atomic mass is 16.7. The van der Waals surface area contributed by atoms with Crippen molar-refractivity contribution in [2.75, 3.05) is 0 Å².